The first-order valence-corrected chi connectivity index (χ1v) is 8.34. The van der Waals surface area contributed by atoms with Gasteiger partial charge >= 0.3 is 0 Å². The minimum absolute atomic E-state index is 0.277. The number of nitrogens with one attached hydrogen (secondary N) is 2. The second-order valence-corrected chi connectivity index (χ2v) is 6.26. The van der Waals surface area contributed by atoms with Crippen molar-refractivity contribution in [1.29, 1.82) is 0 Å². The van der Waals surface area contributed by atoms with Crippen LogP contribution in [0.5, 0.6) is 0 Å². The Balaban J connectivity index is 2.23. The van der Waals surface area contributed by atoms with E-state index in [4.69, 9.17) is 0 Å². The van der Waals surface area contributed by atoms with Crippen LogP contribution >= 0.6 is 0 Å². The van der Waals surface area contributed by atoms with Gasteiger partial charge in [0, 0.05) is 12.7 Å². The molecule has 0 fully saturated rings. The molecule has 0 aliphatic rings. The van der Waals surface area contributed by atoms with Crippen molar-refractivity contribution >= 4 is 15.8 Å². The Bertz CT molecular complexity index is 672. The van der Waals surface area contributed by atoms with Gasteiger partial charge in [-0.2, -0.15) is 0 Å². The molecule has 2 aromatic rings. The summed E-state index contributed by atoms with van der Waals surface area (Å²) < 4.78 is 27.5. The largest absolute Gasteiger partial charge is 0.313 e. The Morgan fingerprint density at radius 1 is 1.10 bits per heavy atom. The van der Waals surface area contributed by atoms with E-state index < -0.39 is 10.0 Å². The lowest BCUT2D eigenvalue weighted by molar-refractivity contribution is 0.597. The first kappa shape index (κ1) is 15.5. The van der Waals surface area contributed by atoms with Crippen LogP contribution in [0.1, 0.15) is 18.9 Å². The van der Waals surface area contributed by atoms with Crippen LogP contribution in [0.2, 0.25) is 0 Å². The molecule has 6 heteroatoms. The standard InChI is InChI=1S/C15H19N3O2S/c1-2-10-16-12-13-7-3-4-8-14(13)21(19,20)18-15-9-5-6-11-17-15/h3-9,11,16H,2,10,12H2,1H3,(H,17,18). The highest BCUT2D eigenvalue weighted by Crippen LogP contribution is 2.18. The van der Waals surface area contributed by atoms with E-state index in [1.807, 2.05) is 12.1 Å². The molecule has 1 aromatic carbocycles. The molecular formula is C15H19N3O2S. The average molecular weight is 305 g/mol. The van der Waals surface area contributed by atoms with Crippen molar-refractivity contribution in [2.24, 2.45) is 0 Å². The Kier molecular flexibility index (Phi) is 5.30. The molecule has 2 N–H and O–H groups in total. The number of aromatic nitrogens is 1. The molecule has 0 saturated heterocycles. The molecule has 0 radical (unpaired) electrons. The van der Waals surface area contributed by atoms with Gasteiger partial charge in [-0.05, 0) is 36.7 Å². The van der Waals surface area contributed by atoms with Crippen molar-refractivity contribution in [3.63, 3.8) is 0 Å². The van der Waals surface area contributed by atoms with Crippen LogP contribution in [0.4, 0.5) is 5.82 Å². The zero-order valence-electron chi connectivity index (χ0n) is 11.9. The predicted octanol–water partition coefficient (Wildman–Crippen LogP) is 2.38. The summed E-state index contributed by atoms with van der Waals surface area (Å²) in [6, 6.07) is 12.1. The van der Waals surface area contributed by atoms with Crippen molar-refractivity contribution in [3.8, 4) is 0 Å². The number of sulfonamides is 1. The summed E-state index contributed by atoms with van der Waals surface area (Å²) in [5.74, 6) is 0.314. The van der Waals surface area contributed by atoms with E-state index in [9.17, 15) is 8.42 Å². The summed E-state index contributed by atoms with van der Waals surface area (Å²) in [7, 11) is -3.63. The normalized spacial score (nSPS) is 11.3. The van der Waals surface area contributed by atoms with Gasteiger partial charge in [-0.15, -0.1) is 0 Å². The van der Waals surface area contributed by atoms with Crippen molar-refractivity contribution in [1.82, 2.24) is 10.3 Å². The van der Waals surface area contributed by atoms with Gasteiger partial charge in [-0.25, -0.2) is 13.4 Å². The maximum atomic E-state index is 12.5. The zero-order valence-corrected chi connectivity index (χ0v) is 12.7. The van der Waals surface area contributed by atoms with Gasteiger partial charge < -0.3 is 5.32 Å². The van der Waals surface area contributed by atoms with Crippen molar-refractivity contribution in [2.75, 3.05) is 11.3 Å². The number of pyridine rings is 1. The van der Waals surface area contributed by atoms with Crippen LogP contribution in [0, 0.1) is 0 Å². The van der Waals surface area contributed by atoms with Crippen LogP contribution < -0.4 is 10.0 Å². The molecular weight excluding hydrogens is 286 g/mol. The summed E-state index contributed by atoms with van der Waals surface area (Å²) in [4.78, 5) is 4.27. The molecule has 0 saturated carbocycles. The van der Waals surface area contributed by atoms with E-state index in [2.05, 4.69) is 21.9 Å². The van der Waals surface area contributed by atoms with E-state index in [0.29, 0.717) is 12.4 Å². The second-order valence-electron chi connectivity index (χ2n) is 4.60. The zero-order chi connectivity index (χ0) is 15.1. The summed E-state index contributed by atoms with van der Waals surface area (Å²) in [5.41, 5.74) is 0.745. The molecule has 0 bridgehead atoms. The Hall–Kier alpha value is -1.92. The van der Waals surface area contributed by atoms with Crippen molar-refractivity contribution in [3.05, 3.63) is 54.2 Å². The highest BCUT2D eigenvalue weighted by atomic mass is 32.2. The molecule has 0 spiro atoms. The molecule has 1 heterocycles. The molecule has 0 aliphatic heterocycles. The van der Waals surface area contributed by atoms with E-state index in [-0.39, 0.29) is 4.90 Å². The maximum absolute atomic E-state index is 12.5. The third-order valence-corrected chi connectivity index (χ3v) is 4.36. The molecule has 21 heavy (non-hydrogen) atoms. The highest BCUT2D eigenvalue weighted by Gasteiger charge is 2.18. The fraction of sp³-hybridized carbons (Fsp3) is 0.267. The Morgan fingerprint density at radius 2 is 1.86 bits per heavy atom. The number of hydrogen-bond donors (Lipinski definition) is 2. The topological polar surface area (TPSA) is 71.1 Å². The lowest BCUT2D eigenvalue weighted by Crippen LogP contribution is -2.19. The van der Waals surface area contributed by atoms with E-state index in [1.54, 1.807) is 36.5 Å². The van der Waals surface area contributed by atoms with Crippen LogP contribution in [0.25, 0.3) is 0 Å². The summed E-state index contributed by atoms with van der Waals surface area (Å²) in [6.07, 6.45) is 2.55. The summed E-state index contributed by atoms with van der Waals surface area (Å²) in [6.45, 7) is 3.44. The molecule has 1 aromatic heterocycles. The number of benzene rings is 1. The van der Waals surface area contributed by atoms with Crippen molar-refractivity contribution < 1.29 is 8.42 Å². The lowest BCUT2D eigenvalue weighted by Gasteiger charge is -2.12. The van der Waals surface area contributed by atoms with E-state index in [0.717, 1.165) is 18.5 Å². The minimum Gasteiger partial charge on any atom is -0.313 e. The average Bonchev–Trinajstić information content (AvgIpc) is 2.48. The van der Waals surface area contributed by atoms with Crippen LogP contribution in [0.15, 0.2) is 53.6 Å². The molecule has 5 nitrogen and oxygen atoms in total. The quantitative estimate of drug-likeness (QED) is 0.771. The van der Waals surface area contributed by atoms with Gasteiger partial charge in [0.2, 0.25) is 0 Å². The molecule has 0 atom stereocenters. The van der Waals surface area contributed by atoms with Gasteiger partial charge in [0.25, 0.3) is 10.0 Å². The van der Waals surface area contributed by atoms with Gasteiger partial charge in [-0.1, -0.05) is 31.2 Å². The second kappa shape index (κ2) is 7.19. The van der Waals surface area contributed by atoms with Gasteiger partial charge in [0.05, 0.1) is 4.90 Å². The molecule has 0 unspecified atom stereocenters. The van der Waals surface area contributed by atoms with Gasteiger partial charge in [-0.3, -0.25) is 4.72 Å². The maximum Gasteiger partial charge on any atom is 0.263 e. The van der Waals surface area contributed by atoms with Crippen LogP contribution in [0.3, 0.4) is 0 Å². The molecule has 2 rings (SSSR count). The number of nitrogens with zero attached hydrogens (tertiary/aromatic N) is 1. The third kappa shape index (κ3) is 4.27. The third-order valence-electron chi connectivity index (χ3n) is 2.91. The van der Waals surface area contributed by atoms with E-state index in [1.165, 1.54) is 0 Å². The summed E-state index contributed by atoms with van der Waals surface area (Å²) in [5, 5.41) is 3.22. The smallest absolute Gasteiger partial charge is 0.263 e. The highest BCUT2D eigenvalue weighted by molar-refractivity contribution is 7.92. The van der Waals surface area contributed by atoms with Crippen LogP contribution in [-0.2, 0) is 16.6 Å². The number of rotatable bonds is 7. The van der Waals surface area contributed by atoms with E-state index >= 15 is 0 Å². The predicted molar refractivity (Wildman–Crippen MR) is 83.5 cm³/mol. The monoisotopic (exact) mass is 305 g/mol. The first-order valence-electron chi connectivity index (χ1n) is 6.86. The SMILES string of the molecule is CCCNCc1ccccc1S(=O)(=O)Nc1ccccn1. The summed E-state index contributed by atoms with van der Waals surface area (Å²) >= 11 is 0. The number of hydrogen-bond acceptors (Lipinski definition) is 4. The first-order chi connectivity index (χ1) is 10.1. The minimum atomic E-state index is -3.63. The molecule has 0 amide bonds. The fourth-order valence-corrected chi connectivity index (χ4v) is 3.18. The van der Waals surface area contributed by atoms with Crippen LogP contribution in [-0.4, -0.2) is 19.9 Å². The fourth-order valence-electron chi connectivity index (χ4n) is 1.93. The lowest BCUT2D eigenvalue weighted by atomic mass is 10.2. The molecule has 0 aliphatic carbocycles. The van der Waals surface area contributed by atoms with Crippen molar-refractivity contribution in [2.45, 2.75) is 24.8 Å². The van der Waals surface area contributed by atoms with Gasteiger partial charge in [0.15, 0.2) is 0 Å². The Morgan fingerprint density at radius 3 is 2.57 bits per heavy atom. The van der Waals surface area contributed by atoms with Gasteiger partial charge in [0.1, 0.15) is 5.82 Å². The Labute approximate surface area is 125 Å². The molecule has 112 valence electrons. The number of anilines is 1.